The van der Waals surface area contributed by atoms with Crippen LogP contribution in [0.2, 0.25) is 0 Å². The van der Waals surface area contributed by atoms with Crippen LogP contribution in [0.3, 0.4) is 0 Å². The second-order valence-electron chi connectivity index (χ2n) is 5.91. The number of aryl methyl sites for hydroxylation is 2. The van der Waals surface area contributed by atoms with Crippen molar-refractivity contribution in [2.75, 3.05) is 30.7 Å². The summed E-state index contributed by atoms with van der Waals surface area (Å²) in [4.78, 5) is 14.1. The van der Waals surface area contributed by atoms with Crippen molar-refractivity contribution in [3.05, 3.63) is 11.8 Å². The standard InChI is InChI=1S/C14H25N5O3S/c1-4-23(21,22)17-12-5-7-19(8-6-12)10-14(20)15-13-9-11(2)16-18(13)3/h9,12,17H,4-8,10H2,1-3H3,(H,15,20). The molecule has 2 rings (SSSR count). The average Bonchev–Trinajstić information content (AvgIpc) is 2.78. The van der Waals surface area contributed by atoms with E-state index in [1.807, 2.05) is 17.9 Å². The van der Waals surface area contributed by atoms with Crippen LogP contribution in [0.5, 0.6) is 0 Å². The molecule has 130 valence electrons. The number of carbonyl (C=O) groups is 1. The van der Waals surface area contributed by atoms with Gasteiger partial charge in [0, 0.05) is 32.2 Å². The van der Waals surface area contributed by atoms with Crippen LogP contribution in [0.1, 0.15) is 25.5 Å². The molecular weight excluding hydrogens is 318 g/mol. The van der Waals surface area contributed by atoms with E-state index in [0.717, 1.165) is 18.5 Å². The number of nitrogens with zero attached hydrogens (tertiary/aromatic N) is 3. The Bertz CT molecular complexity index is 647. The molecule has 0 saturated carbocycles. The maximum Gasteiger partial charge on any atom is 0.239 e. The zero-order valence-corrected chi connectivity index (χ0v) is 14.7. The highest BCUT2D eigenvalue weighted by Crippen LogP contribution is 2.12. The zero-order chi connectivity index (χ0) is 17.0. The van der Waals surface area contributed by atoms with Gasteiger partial charge in [0.15, 0.2) is 0 Å². The van der Waals surface area contributed by atoms with Gasteiger partial charge in [-0.1, -0.05) is 0 Å². The summed E-state index contributed by atoms with van der Waals surface area (Å²) in [6.45, 7) is 5.21. The van der Waals surface area contributed by atoms with Gasteiger partial charge in [-0.3, -0.25) is 14.4 Å². The SMILES string of the molecule is CCS(=O)(=O)NC1CCN(CC(=O)Nc2cc(C)nn2C)CC1. The van der Waals surface area contributed by atoms with E-state index >= 15 is 0 Å². The molecule has 0 bridgehead atoms. The molecule has 9 heteroatoms. The first-order chi connectivity index (χ1) is 10.8. The van der Waals surface area contributed by atoms with E-state index in [0.29, 0.717) is 25.5 Å². The Balaban J connectivity index is 1.78. The van der Waals surface area contributed by atoms with Crippen molar-refractivity contribution in [3.8, 4) is 0 Å². The fourth-order valence-electron chi connectivity index (χ4n) is 2.66. The van der Waals surface area contributed by atoms with Crippen molar-refractivity contribution in [2.45, 2.75) is 32.7 Å². The summed E-state index contributed by atoms with van der Waals surface area (Å²) >= 11 is 0. The molecule has 0 aromatic carbocycles. The first-order valence-corrected chi connectivity index (χ1v) is 9.47. The third-order valence-electron chi connectivity index (χ3n) is 3.95. The third kappa shape index (κ3) is 5.29. The molecule has 8 nitrogen and oxygen atoms in total. The van der Waals surface area contributed by atoms with Crippen LogP contribution in [-0.4, -0.2) is 60.4 Å². The Morgan fingerprint density at radius 3 is 2.57 bits per heavy atom. The summed E-state index contributed by atoms with van der Waals surface area (Å²) in [5.41, 5.74) is 0.854. The summed E-state index contributed by atoms with van der Waals surface area (Å²) in [5.74, 6) is 0.693. The summed E-state index contributed by atoms with van der Waals surface area (Å²) in [5, 5.41) is 7.03. The van der Waals surface area contributed by atoms with Crippen LogP contribution in [0.25, 0.3) is 0 Å². The number of anilines is 1. The third-order valence-corrected chi connectivity index (χ3v) is 5.40. The lowest BCUT2D eigenvalue weighted by Crippen LogP contribution is -2.46. The maximum atomic E-state index is 12.1. The number of aromatic nitrogens is 2. The molecular formula is C14H25N5O3S. The van der Waals surface area contributed by atoms with Crippen molar-refractivity contribution in [1.29, 1.82) is 0 Å². The summed E-state index contributed by atoms with van der Waals surface area (Å²) in [7, 11) is -1.37. The van der Waals surface area contributed by atoms with Gasteiger partial charge < -0.3 is 5.32 Å². The van der Waals surface area contributed by atoms with E-state index in [4.69, 9.17) is 0 Å². The van der Waals surface area contributed by atoms with Crippen LogP contribution in [-0.2, 0) is 21.9 Å². The van der Waals surface area contributed by atoms with Gasteiger partial charge in [0.1, 0.15) is 5.82 Å². The van der Waals surface area contributed by atoms with Crippen LogP contribution >= 0.6 is 0 Å². The molecule has 0 atom stereocenters. The molecule has 1 amide bonds. The van der Waals surface area contributed by atoms with Crippen LogP contribution in [0.15, 0.2) is 6.07 Å². The Morgan fingerprint density at radius 2 is 2.04 bits per heavy atom. The van der Waals surface area contributed by atoms with Crippen LogP contribution < -0.4 is 10.0 Å². The molecule has 1 aromatic rings. The van der Waals surface area contributed by atoms with E-state index < -0.39 is 10.0 Å². The number of nitrogens with one attached hydrogen (secondary N) is 2. The van der Waals surface area contributed by atoms with Gasteiger partial charge in [-0.2, -0.15) is 5.10 Å². The van der Waals surface area contributed by atoms with Crippen molar-refractivity contribution in [1.82, 2.24) is 19.4 Å². The lowest BCUT2D eigenvalue weighted by Gasteiger charge is -2.31. The number of likely N-dealkylation sites (tertiary alicyclic amines) is 1. The Labute approximate surface area is 137 Å². The highest BCUT2D eigenvalue weighted by molar-refractivity contribution is 7.89. The highest BCUT2D eigenvalue weighted by Gasteiger charge is 2.23. The monoisotopic (exact) mass is 343 g/mol. The molecule has 0 radical (unpaired) electrons. The topological polar surface area (TPSA) is 96.3 Å². The molecule has 1 saturated heterocycles. The second-order valence-corrected chi connectivity index (χ2v) is 7.96. The van der Waals surface area contributed by atoms with Crippen LogP contribution in [0, 0.1) is 6.92 Å². The normalized spacial score (nSPS) is 17.3. The Hall–Kier alpha value is -1.45. The Morgan fingerprint density at radius 1 is 1.39 bits per heavy atom. The molecule has 0 spiro atoms. The van der Waals surface area contributed by atoms with Gasteiger partial charge in [-0.25, -0.2) is 13.1 Å². The summed E-state index contributed by atoms with van der Waals surface area (Å²) in [6, 6.07) is 1.79. The number of rotatable bonds is 6. The van der Waals surface area contributed by atoms with E-state index in [2.05, 4.69) is 15.1 Å². The van der Waals surface area contributed by atoms with E-state index in [1.54, 1.807) is 18.7 Å². The van der Waals surface area contributed by atoms with Gasteiger partial charge in [0.25, 0.3) is 0 Å². The van der Waals surface area contributed by atoms with Crippen molar-refractivity contribution < 1.29 is 13.2 Å². The predicted molar refractivity (Wildman–Crippen MR) is 88.6 cm³/mol. The first-order valence-electron chi connectivity index (χ1n) is 7.82. The lowest BCUT2D eigenvalue weighted by atomic mass is 10.1. The molecule has 2 heterocycles. The van der Waals surface area contributed by atoms with Crippen molar-refractivity contribution in [3.63, 3.8) is 0 Å². The molecule has 1 fully saturated rings. The second kappa shape index (κ2) is 7.41. The molecule has 0 unspecified atom stereocenters. The van der Waals surface area contributed by atoms with E-state index in [1.165, 1.54) is 0 Å². The number of amides is 1. The van der Waals surface area contributed by atoms with E-state index in [9.17, 15) is 13.2 Å². The maximum absolute atomic E-state index is 12.1. The fourth-order valence-corrected chi connectivity index (χ4v) is 3.57. The highest BCUT2D eigenvalue weighted by atomic mass is 32.2. The molecule has 2 N–H and O–H groups in total. The summed E-state index contributed by atoms with van der Waals surface area (Å²) in [6.07, 6.45) is 1.44. The van der Waals surface area contributed by atoms with Crippen molar-refractivity contribution >= 4 is 21.7 Å². The number of sulfonamides is 1. The lowest BCUT2D eigenvalue weighted by molar-refractivity contribution is -0.117. The minimum absolute atomic E-state index is 0.0287. The smallest absolute Gasteiger partial charge is 0.239 e. The number of hydrogen-bond acceptors (Lipinski definition) is 5. The molecule has 0 aliphatic carbocycles. The fraction of sp³-hybridized carbons (Fsp3) is 0.714. The number of piperidine rings is 1. The average molecular weight is 343 g/mol. The largest absolute Gasteiger partial charge is 0.310 e. The zero-order valence-electron chi connectivity index (χ0n) is 13.9. The minimum atomic E-state index is -3.16. The van der Waals surface area contributed by atoms with Crippen LogP contribution in [0.4, 0.5) is 5.82 Å². The van der Waals surface area contributed by atoms with Gasteiger partial charge >= 0.3 is 0 Å². The molecule has 1 aromatic heterocycles. The molecule has 1 aliphatic rings. The summed E-state index contributed by atoms with van der Waals surface area (Å²) < 4.78 is 27.5. The Kier molecular flexibility index (Phi) is 5.77. The van der Waals surface area contributed by atoms with Gasteiger partial charge in [0.2, 0.25) is 15.9 Å². The van der Waals surface area contributed by atoms with Gasteiger partial charge in [-0.15, -0.1) is 0 Å². The minimum Gasteiger partial charge on any atom is -0.310 e. The number of carbonyl (C=O) groups excluding carboxylic acids is 1. The molecule has 23 heavy (non-hydrogen) atoms. The number of hydrogen-bond donors (Lipinski definition) is 2. The predicted octanol–water partition coefficient (Wildman–Crippen LogP) is 0.0707. The van der Waals surface area contributed by atoms with Gasteiger partial charge in [-0.05, 0) is 26.7 Å². The quantitative estimate of drug-likeness (QED) is 0.762. The molecule has 1 aliphatic heterocycles. The first kappa shape index (κ1) is 17.9. The van der Waals surface area contributed by atoms with Crippen molar-refractivity contribution in [2.24, 2.45) is 7.05 Å². The van der Waals surface area contributed by atoms with Gasteiger partial charge in [0.05, 0.1) is 18.0 Å². The van der Waals surface area contributed by atoms with E-state index in [-0.39, 0.29) is 17.7 Å².